The van der Waals surface area contributed by atoms with Gasteiger partial charge >= 0.3 is 5.97 Å². The number of aliphatic hydroxyl groups excluding tert-OH is 1. The van der Waals surface area contributed by atoms with Crippen LogP contribution in [0.5, 0.6) is 0 Å². The van der Waals surface area contributed by atoms with Crippen molar-refractivity contribution < 1.29 is 15.0 Å². The number of carboxylic acid groups (broad SMARTS) is 1. The normalized spacial score (nSPS) is 12.8. The summed E-state index contributed by atoms with van der Waals surface area (Å²) in [4.78, 5) is 11.0. The molecular weight excluding hydrogens is 232 g/mol. The fourth-order valence-corrected chi connectivity index (χ4v) is 2.11. The van der Waals surface area contributed by atoms with Crippen LogP contribution in [-0.4, -0.2) is 27.3 Å². The maximum atomic E-state index is 11.0. The third-order valence-electron chi connectivity index (χ3n) is 2.98. The lowest BCUT2D eigenvalue weighted by atomic mass is 10.1. The Labute approximate surface area is 104 Å². The molecule has 2 rings (SSSR count). The molecule has 0 amide bonds. The smallest absolute Gasteiger partial charge is 0.335 e. The molecule has 1 unspecified atom stereocenters. The number of hydrogen-bond donors (Lipinski definition) is 3. The van der Waals surface area contributed by atoms with Gasteiger partial charge in [0.2, 0.25) is 0 Å². The van der Waals surface area contributed by atoms with Crippen molar-refractivity contribution in [2.45, 2.75) is 19.6 Å². The van der Waals surface area contributed by atoms with Gasteiger partial charge in [0.1, 0.15) is 0 Å². The number of nitrogens with two attached hydrogens (primary N) is 1. The van der Waals surface area contributed by atoms with Crippen LogP contribution in [0.3, 0.4) is 0 Å². The maximum Gasteiger partial charge on any atom is 0.335 e. The zero-order chi connectivity index (χ0) is 13.3. The first-order valence-electron chi connectivity index (χ1n) is 5.78. The second-order valence-corrected chi connectivity index (χ2v) is 4.28. The van der Waals surface area contributed by atoms with Crippen molar-refractivity contribution in [1.29, 1.82) is 0 Å². The fraction of sp³-hybridized carbons (Fsp3) is 0.308. The molecule has 0 bridgehead atoms. The van der Waals surface area contributed by atoms with Crippen molar-refractivity contribution in [2.24, 2.45) is 5.73 Å². The first kappa shape index (κ1) is 12.6. The molecule has 0 aliphatic carbocycles. The Morgan fingerprint density at radius 1 is 1.50 bits per heavy atom. The summed E-state index contributed by atoms with van der Waals surface area (Å²) < 4.78 is 1.93. The summed E-state index contributed by atoms with van der Waals surface area (Å²) in [6.07, 6.45) is 1.18. The van der Waals surface area contributed by atoms with E-state index in [0.717, 1.165) is 16.5 Å². The molecule has 0 aliphatic heterocycles. The minimum Gasteiger partial charge on any atom is -0.478 e. The van der Waals surface area contributed by atoms with Crippen molar-refractivity contribution >= 4 is 16.9 Å². The molecule has 1 aromatic carbocycles. The highest BCUT2D eigenvalue weighted by Gasteiger charge is 2.14. The van der Waals surface area contributed by atoms with E-state index in [1.165, 1.54) is 0 Å². The van der Waals surface area contributed by atoms with E-state index in [2.05, 4.69) is 0 Å². The number of aromatic carboxylic acids is 1. The zero-order valence-corrected chi connectivity index (χ0v) is 10.1. The van der Waals surface area contributed by atoms with Crippen LogP contribution in [0.15, 0.2) is 24.4 Å². The number of carbonyl (C=O) groups is 1. The van der Waals surface area contributed by atoms with E-state index in [0.29, 0.717) is 13.1 Å². The van der Waals surface area contributed by atoms with Crippen LogP contribution in [0, 0.1) is 0 Å². The van der Waals surface area contributed by atoms with E-state index in [1.54, 1.807) is 25.1 Å². The first-order valence-corrected chi connectivity index (χ1v) is 5.78. The summed E-state index contributed by atoms with van der Waals surface area (Å²) in [5, 5.41) is 19.5. The number of fused-ring (bicyclic) bond motifs is 1. The number of carboxylic acids is 1. The molecule has 96 valence electrons. The van der Waals surface area contributed by atoms with Crippen LogP contribution in [-0.2, 0) is 6.54 Å². The van der Waals surface area contributed by atoms with Gasteiger partial charge in [-0.1, -0.05) is 0 Å². The molecule has 2 aromatic rings. The predicted octanol–water partition coefficient (Wildman–Crippen LogP) is 1.35. The van der Waals surface area contributed by atoms with E-state index in [1.807, 2.05) is 10.8 Å². The molecule has 1 heterocycles. The van der Waals surface area contributed by atoms with Gasteiger partial charge < -0.3 is 20.5 Å². The Bertz CT molecular complexity index is 587. The molecular formula is C13H16N2O3. The summed E-state index contributed by atoms with van der Waals surface area (Å²) in [7, 11) is 0. The average Bonchev–Trinajstić information content (AvgIpc) is 2.68. The lowest BCUT2D eigenvalue weighted by Gasteiger charge is -2.03. The molecule has 0 spiro atoms. The number of aliphatic hydroxyl groups is 1. The highest BCUT2D eigenvalue weighted by Crippen LogP contribution is 2.27. The Morgan fingerprint density at radius 3 is 2.78 bits per heavy atom. The van der Waals surface area contributed by atoms with Crippen LogP contribution >= 0.6 is 0 Å². The van der Waals surface area contributed by atoms with Crippen LogP contribution in [0.1, 0.15) is 28.9 Å². The van der Waals surface area contributed by atoms with Crippen LogP contribution in [0.4, 0.5) is 0 Å². The molecule has 4 N–H and O–H groups in total. The summed E-state index contributed by atoms with van der Waals surface area (Å²) >= 11 is 0. The second-order valence-electron chi connectivity index (χ2n) is 4.28. The Morgan fingerprint density at radius 2 is 2.22 bits per heavy atom. The van der Waals surface area contributed by atoms with Gasteiger partial charge in [-0.05, 0) is 25.1 Å². The van der Waals surface area contributed by atoms with Crippen molar-refractivity contribution in [3.05, 3.63) is 35.5 Å². The summed E-state index contributed by atoms with van der Waals surface area (Å²) in [5.74, 6) is -0.972. The third kappa shape index (κ3) is 2.10. The van der Waals surface area contributed by atoms with Gasteiger partial charge in [-0.3, -0.25) is 0 Å². The highest BCUT2D eigenvalue weighted by atomic mass is 16.4. The number of rotatable bonds is 4. The lowest BCUT2D eigenvalue weighted by Crippen LogP contribution is -2.08. The molecule has 5 nitrogen and oxygen atoms in total. The average molecular weight is 248 g/mol. The van der Waals surface area contributed by atoms with Gasteiger partial charge in [0.15, 0.2) is 0 Å². The van der Waals surface area contributed by atoms with Gasteiger partial charge in [0, 0.05) is 35.8 Å². The fourth-order valence-electron chi connectivity index (χ4n) is 2.11. The molecule has 18 heavy (non-hydrogen) atoms. The Balaban J connectivity index is 2.67. The monoisotopic (exact) mass is 248 g/mol. The summed E-state index contributed by atoms with van der Waals surface area (Å²) in [6, 6.07) is 4.90. The highest BCUT2D eigenvalue weighted by molar-refractivity contribution is 5.95. The summed E-state index contributed by atoms with van der Waals surface area (Å²) in [6.45, 7) is 2.79. The van der Waals surface area contributed by atoms with Crippen molar-refractivity contribution in [3.8, 4) is 0 Å². The van der Waals surface area contributed by atoms with E-state index in [-0.39, 0.29) is 5.56 Å². The SMILES string of the molecule is CC(O)c1cn(CCN)c2ccc(C(=O)O)cc12. The number of hydrogen-bond acceptors (Lipinski definition) is 3. The molecule has 0 aliphatic rings. The molecule has 0 fully saturated rings. The van der Waals surface area contributed by atoms with Crippen molar-refractivity contribution in [1.82, 2.24) is 4.57 Å². The largest absolute Gasteiger partial charge is 0.478 e. The van der Waals surface area contributed by atoms with Gasteiger partial charge in [-0.25, -0.2) is 4.79 Å². The van der Waals surface area contributed by atoms with Gasteiger partial charge in [-0.2, -0.15) is 0 Å². The molecule has 0 saturated heterocycles. The van der Waals surface area contributed by atoms with Crippen LogP contribution in [0.25, 0.3) is 10.9 Å². The lowest BCUT2D eigenvalue weighted by molar-refractivity contribution is 0.0697. The molecule has 0 radical (unpaired) electrons. The Hall–Kier alpha value is -1.85. The Kier molecular flexibility index (Phi) is 3.36. The van der Waals surface area contributed by atoms with E-state index in [4.69, 9.17) is 10.8 Å². The van der Waals surface area contributed by atoms with Gasteiger partial charge in [0.05, 0.1) is 11.7 Å². The van der Waals surface area contributed by atoms with Crippen molar-refractivity contribution in [2.75, 3.05) is 6.54 Å². The molecule has 5 heteroatoms. The molecule has 1 atom stereocenters. The van der Waals surface area contributed by atoms with Gasteiger partial charge in [-0.15, -0.1) is 0 Å². The molecule has 0 saturated carbocycles. The minimum absolute atomic E-state index is 0.217. The van der Waals surface area contributed by atoms with Crippen LogP contribution in [0.2, 0.25) is 0 Å². The topological polar surface area (TPSA) is 88.5 Å². The van der Waals surface area contributed by atoms with Crippen molar-refractivity contribution in [3.63, 3.8) is 0 Å². The van der Waals surface area contributed by atoms with E-state index in [9.17, 15) is 9.90 Å². The zero-order valence-electron chi connectivity index (χ0n) is 10.1. The summed E-state index contributed by atoms with van der Waals surface area (Å²) in [5.41, 5.74) is 7.37. The number of aromatic nitrogens is 1. The minimum atomic E-state index is -0.972. The van der Waals surface area contributed by atoms with Gasteiger partial charge in [0.25, 0.3) is 0 Å². The molecule has 1 aromatic heterocycles. The standard InChI is InChI=1S/C13H16N2O3/c1-8(16)11-7-15(5-4-14)12-3-2-9(13(17)18)6-10(11)12/h2-3,6-8,16H,4-5,14H2,1H3,(H,17,18). The van der Waals surface area contributed by atoms with E-state index >= 15 is 0 Å². The second kappa shape index (κ2) is 4.80. The predicted molar refractivity (Wildman–Crippen MR) is 68.6 cm³/mol. The maximum absolute atomic E-state index is 11.0. The number of benzene rings is 1. The quantitative estimate of drug-likeness (QED) is 0.762. The van der Waals surface area contributed by atoms with Crippen LogP contribution < -0.4 is 5.73 Å². The third-order valence-corrected chi connectivity index (χ3v) is 2.98. The van der Waals surface area contributed by atoms with E-state index < -0.39 is 12.1 Å². The first-order chi connectivity index (χ1) is 8.54. The number of nitrogens with zero attached hydrogens (tertiary/aromatic N) is 1.